The predicted octanol–water partition coefficient (Wildman–Crippen LogP) is 3.97. The zero-order valence-electron chi connectivity index (χ0n) is 14.3. The van der Waals surface area contributed by atoms with Crippen LogP contribution in [0.4, 0.5) is 11.5 Å². The third kappa shape index (κ3) is 3.23. The lowest BCUT2D eigenvalue weighted by atomic mass is 10.0. The zero-order valence-corrected chi connectivity index (χ0v) is 14.3. The van der Waals surface area contributed by atoms with E-state index < -0.39 is 0 Å². The maximum Gasteiger partial charge on any atom is 0.319 e. The Morgan fingerprint density at radius 3 is 2.62 bits per heavy atom. The second kappa shape index (κ2) is 7.09. The Labute approximate surface area is 151 Å². The van der Waals surface area contributed by atoms with E-state index in [0.29, 0.717) is 11.4 Å². The van der Waals surface area contributed by atoms with Crippen LogP contribution in [0.3, 0.4) is 0 Å². The SMILES string of the molecule is O=[N+]([O-])c1c(-c2ccc3ccccc3c2)ccnc1NC1CCNCC1. The Kier molecular flexibility index (Phi) is 4.50. The quantitative estimate of drug-likeness (QED) is 0.551. The number of nitro groups is 1. The molecular formula is C20H20N4O2. The van der Waals surface area contributed by atoms with Gasteiger partial charge >= 0.3 is 5.69 Å². The van der Waals surface area contributed by atoms with Crippen LogP contribution in [0.25, 0.3) is 21.9 Å². The monoisotopic (exact) mass is 348 g/mol. The van der Waals surface area contributed by atoms with Gasteiger partial charge in [0.1, 0.15) is 0 Å². The molecule has 3 aromatic rings. The number of anilines is 1. The van der Waals surface area contributed by atoms with Crippen LogP contribution in [0, 0.1) is 10.1 Å². The van der Waals surface area contributed by atoms with Gasteiger partial charge in [-0.1, -0.05) is 36.4 Å². The highest BCUT2D eigenvalue weighted by Gasteiger charge is 2.25. The van der Waals surface area contributed by atoms with Crippen LogP contribution in [0.2, 0.25) is 0 Å². The molecule has 0 saturated carbocycles. The van der Waals surface area contributed by atoms with Crippen molar-refractivity contribution < 1.29 is 4.92 Å². The zero-order chi connectivity index (χ0) is 17.9. The lowest BCUT2D eigenvalue weighted by molar-refractivity contribution is -0.383. The smallest absolute Gasteiger partial charge is 0.319 e. The van der Waals surface area contributed by atoms with Gasteiger partial charge in [0.05, 0.1) is 10.5 Å². The number of hydrogen-bond acceptors (Lipinski definition) is 5. The van der Waals surface area contributed by atoms with Gasteiger partial charge in [-0.2, -0.15) is 0 Å². The Hall–Kier alpha value is -2.99. The van der Waals surface area contributed by atoms with Gasteiger partial charge in [-0.05, 0) is 54.4 Å². The molecule has 1 aliphatic heterocycles. The van der Waals surface area contributed by atoms with Gasteiger partial charge in [-0.15, -0.1) is 0 Å². The van der Waals surface area contributed by atoms with Gasteiger partial charge in [0, 0.05) is 12.2 Å². The first-order valence-corrected chi connectivity index (χ1v) is 8.82. The lowest BCUT2D eigenvalue weighted by Crippen LogP contribution is -2.35. The number of benzene rings is 2. The average Bonchev–Trinajstić information content (AvgIpc) is 2.68. The Balaban J connectivity index is 1.77. The van der Waals surface area contributed by atoms with E-state index in [4.69, 9.17) is 0 Å². The topological polar surface area (TPSA) is 80.1 Å². The van der Waals surface area contributed by atoms with Crippen molar-refractivity contribution in [3.05, 3.63) is 64.8 Å². The summed E-state index contributed by atoms with van der Waals surface area (Å²) in [6.07, 6.45) is 3.50. The van der Waals surface area contributed by atoms with Crippen LogP contribution in [0.5, 0.6) is 0 Å². The molecular weight excluding hydrogens is 328 g/mol. The number of nitrogens with one attached hydrogen (secondary N) is 2. The fourth-order valence-corrected chi connectivity index (χ4v) is 3.49. The summed E-state index contributed by atoms with van der Waals surface area (Å²) in [7, 11) is 0. The fourth-order valence-electron chi connectivity index (χ4n) is 3.49. The van der Waals surface area contributed by atoms with E-state index in [1.165, 1.54) is 0 Å². The third-order valence-electron chi connectivity index (χ3n) is 4.85. The van der Waals surface area contributed by atoms with Crippen molar-refractivity contribution in [1.29, 1.82) is 0 Å². The normalized spacial score (nSPS) is 15.1. The average molecular weight is 348 g/mol. The summed E-state index contributed by atoms with van der Waals surface area (Å²) in [6, 6.07) is 15.8. The second-order valence-corrected chi connectivity index (χ2v) is 6.54. The number of rotatable bonds is 4. The number of aromatic nitrogens is 1. The van der Waals surface area contributed by atoms with E-state index >= 15 is 0 Å². The molecule has 26 heavy (non-hydrogen) atoms. The number of pyridine rings is 1. The molecule has 1 aromatic heterocycles. The highest BCUT2D eigenvalue weighted by molar-refractivity contribution is 5.90. The summed E-state index contributed by atoms with van der Waals surface area (Å²) >= 11 is 0. The first kappa shape index (κ1) is 16.5. The maximum atomic E-state index is 11.8. The Morgan fingerprint density at radius 2 is 1.85 bits per heavy atom. The minimum atomic E-state index is -0.332. The molecule has 0 aliphatic carbocycles. The predicted molar refractivity (Wildman–Crippen MR) is 103 cm³/mol. The molecule has 132 valence electrons. The molecule has 2 aromatic carbocycles. The summed E-state index contributed by atoms with van der Waals surface area (Å²) in [5, 5.41) is 20.6. The summed E-state index contributed by atoms with van der Waals surface area (Å²) in [6.45, 7) is 1.83. The fraction of sp³-hybridized carbons (Fsp3) is 0.250. The molecule has 0 unspecified atom stereocenters. The third-order valence-corrected chi connectivity index (χ3v) is 4.85. The largest absolute Gasteiger partial charge is 0.361 e. The van der Waals surface area contributed by atoms with Crippen LogP contribution in [0.15, 0.2) is 54.7 Å². The minimum absolute atomic E-state index is 0.0429. The van der Waals surface area contributed by atoms with Crippen molar-refractivity contribution in [2.45, 2.75) is 18.9 Å². The van der Waals surface area contributed by atoms with Crippen molar-refractivity contribution >= 4 is 22.3 Å². The molecule has 6 heteroatoms. The van der Waals surface area contributed by atoms with Crippen molar-refractivity contribution in [1.82, 2.24) is 10.3 Å². The summed E-state index contributed by atoms with van der Waals surface area (Å²) in [5.41, 5.74) is 1.46. The van der Waals surface area contributed by atoms with Crippen LogP contribution < -0.4 is 10.6 Å². The lowest BCUT2D eigenvalue weighted by Gasteiger charge is -2.24. The molecule has 6 nitrogen and oxygen atoms in total. The molecule has 0 bridgehead atoms. The van der Waals surface area contributed by atoms with Gasteiger partial charge in [-0.25, -0.2) is 4.98 Å². The minimum Gasteiger partial charge on any atom is -0.361 e. The molecule has 2 heterocycles. The molecule has 1 fully saturated rings. The molecule has 2 N–H and O–H groups in total. The Bertz CT molecular complexity index is 951. The number of hydrogen-bond donors (Lipinski definition) is 2. The second-order valence-electron chi connectivity index (χ2n) is 6.54. The van der Waals surface area contributed by atoms with Crippen LogP contribution in [0.1, 0.15) is 12.8 Å². The van der Waals surface area contributed by atoms with E-state index in [9.17, 15) is 10.1 Å². The van der Waals surface area contributed by atoms with Crippen LogP contribution >= 0.6 is 0 Å². The van der Waals surface area contributed by atoms with Gasteiger partial charge in [0.2, 0.25) is 5.82 Å². The van der Waals surface area contributed by atoms with E-state index in [1.807, 2.05) is 42.5 Å². The van der Waals surface area contributed by atoms with E-state index in [1.54, 1.807) is 12.3 Å². The summed E-state index contributed by atoms with van der Waals surface area (Å²) in [4.78, 5) is 15.8. The number of nitrogens with zero attached hydrogens (tertiary/aromatic N) is 2. The molecule has 1 aliphatic rings. The first-order chi connectivity index (χ1) is 12.7. The van der Waals surface area contributed by atoms with Crippen LogP contribution in [-0.4, -0.2) is 29.0 Å². The van der Waals surface area contributed by atoms with Crippen LogP contribution in [-0.2, 0) is 0 Å². The standard InChI is InChI=1S/C20H20N4O2/c25-24(26)19-18(16-6-5-14-3-1-2-4-15(14)13-16)9-12-22-20(19)23-17-7-10-21-11-8-17/h1-6,9,12-13,17,21H,7-8,10-11H2,(H,22,23). The first-order valence-electron chi connectivity index (χ1n) is 8.82. The van der Waals surface area contributed by atoms with Gasteiger partial charge < -0.3 is 10.6 Å². The van der Waals surface area contributed by atoms with Crippen molar-refractivity contribution in [2.24, 2.45) is 0 Å². The summed E-state index contributed by atoms with van der Waals surface area (Å²) < 4.78 is 0. The van der Waals surface area contributed by atoms with Gasteiger partial charge in [-0.3, -0.25) is 10.1 Å². The summed E-state index contributed by atoms with van der Waals surface area (Å²) in [5.74, 6) is 0.354. The molecule has 0 radical (unpaired) electrons. The van der Waals surface area contributed by atoms with E-state index in [2.05, 4.69) is 15.6 Å². The molecule has 4 rings (SSSR count). The molecule has 0 amide bonds. The number of fused-ring (bicyclic) bond motifs is 1. The highest BCUT2D eigenvalue weighted by atomic mass is 16.6. The van der Waals surface area contributed by atoms with Gasteiger partial charge in [0.25, 0.3) is 0 Å². The van der Waals surface area contributed by atoms with Crippen molar-refractivity contribution in [3.8, 4) is 11.1 Å². The highest BCUT2D eigenvalue weighted by Crippen LogP contribution is 2.36. The van der Waals surface area contributed by atoms with Crippen molar-refractivity contribution in [2.75, 3.05) is 18.4 Å². The van der Waals surface area contributed by atoms with Gasteiger partial charge in [0.15, 0.2) is 0 Å². The van der Waals surface area contributed by atoms with E-state index in [0.717, 1.165) is 42.3 Å². The molecule has 1 saturated heterocycles. The molecule has 0 atom stereocenters. The Morgan fingerprint density at radius 1 is 1.08 bits per heavy atom. The van der Waals surface area contributed by atoms with Crippen molar-refractivity contribution in [3.63, 3.8) is 0 Å². The van der Waals surface area contributed by atoms with E-state index in [-0.39, 0.29) is 16.7 Å². The maximum absolute atomic E-state index is 11.8. The molecule has 0 spiro atoms. The number of piperidine rings is 1.